The maximum absolute atomic E-state index is 13.0. The van der Waals surface area contributed by atoms with Gasteiger partial charge in [-0.2, -0.15) is 0 Å². The zero-order valence-corrected chi connectivity index (χ0v) is 21.3. The van der Waals surface area contributed by atoms with E-state index in [1.807, 2.05) is 0 Å². The SMILES string of the molecule is C=CC(=O)OCC(=O)[C@H]1CC[C@H]2[C@@H]3CC[C@H]4C[C@H](O[C@@H]5CCCCO5)CC[C@]4(C)[C@H]3CC[C@]12C. The minimum absolute atomic E-state index is 0.0218. The van der Waals surface area contributed by atoms with E-state index in [0.29, 0.717) is 17.4 Å². The largest absolute Gasteiger partial charge is 0.455 e. The summed E-state index contributed by atoms with van der Waals surface area (Å²) >= 11 is 0. The first-order valence-electron chi connectivity index (χ1n) is 13.9. The summed E-state index contributed by atoms with van der Waals surface area (Å²) in [6.45, 7) is 9.13. The van der Waals surface area contributed by atoms with E-state index >= 15 is 0 Å². The van der Waals surface area contributed by atoms with Crippen molar-refractivity contribution < 1.29 is 23.8 Å². The van der Waals surface area contributed by atoms with Gasteiger partial charge in [-0.3, -0.25) is 4.79 Å². The highest BCUT2D eigenvalue weighted by atomic mass is 16.7. The van der Waals surface area contributed by atoms with Crippen LogP contribution in [0.1, 0.15) is 90.9 Å². The molecule has 1 aliphatic heterocycles. The van der Waals surface area contributed by atoms with Crippen molar-refractivity contribution in [3.8, 4) is 0 Å². The summed E-state index contributed by atoms with van der Waals surface area (Å²) in [5, 5.41) is 0. The molecule has 0 aromatic heterocycles. The second-order valence-electron chi connectivity index (χ2n) is 12.4. The number of ether oxygens (including phenoxy) is 3. The molecule has 1 heterocycles. The molecule has 0 unspecified atom stereocenters. The summed E-state index contributed by atoms with van der Waals surface area (Å²) in [5.74, 6) is 2.51. The molecule has 0 bridgehead atoms. The predicted molar refractivity (Wildman–Crippen MR) is 130 cm³/mol. The first kappa shape index (κ1) is 24.5. The first-order valence-corrected chi connectivity index (χ1v) is 13.9. The van der Waals surface area contributed by atoms with Gasteiger partial charge >= 0.3 is 5.97 Å². The van der Waals surface area contributed by atoms with Crippen molar-refractivity contribution in [1.29, 1.82) is 0 Å². The maximum atomic E-state index is 13.0. The van der Waals surface area contributed by atoms with Gasteiger partial charge in [-0.25, -0.2) is 4.79 Å². The Balaban J connectivity index is 1.23. The monoisotopic (exact) mass is 472 g/mol. The van der Waals surface area contributed by atoms with Crippen LogP contribution < -0.4 is 0 Å². The molecular weight excluding hydrogens is 428 g/mol. The number of carbonyl (C=O) groups is 2. The van der Waals surface area contributed by atoms with E-state index in [9.17, 15) is 9.59 Å². The van der Waals surface area contributed by atoms with Gasteiger partial charge in [-0.1, -0.05) is 20.4 Å². The molecule has 0 radical (unpaired) electrons. The Morgan fingerprint density at radius 1 is 0.971 bits per heavy atom. The van der Waals surface area contributed by atoms with Crippen molar-refractivity contribution in [3.05, 3.63) is 12.7 Å². The Morgan fingerprint density at radius 3 is 2.53 bits per heavy atom. The molecule has 5 nitrogen and oxygen atoms in total. The second kappa shape index (κ2) is 9.69. The predicted octanol–water partition coefficient (Wildman–Crippen LogP) is 5.86. The first-order chi connectivity index (χ1) is 16.3. The number of esters is 1. The van der Waals surface area contributed by atoms with Gasteiger partial charge < -0.3 is 14.2 Å². The van der Waals surface area contributed by atoms with Crippen LogP contribution in [0.15, 0.2) is 12.7 Å². The molecule has 4 saturated carbocycles. The number of carbonyl (C=O) groups excluding carboxylic acids is 2. The fourth-order valence-corrected chi connectivity index (χ4v) is 9.21. The van der Waals surface area contributed by atoms with E-state index in [4.69, 9.17) is 14.2 Å². The van der Waals surface area contributed by atoms with E-state index in [0.717, 1.165) is 62.5 Å². The Kier molecular flexibility index (Phi) is 6.98. The zero-order valence-electron chi connectivity index (χ0n) is 21.3. The Hall–Kier alpha value is -1.20. The third kappa shape index (κ3) is 4.30. The summed E-state index contributed by atoms with van der Waals surface area (Å²) in [5.41, 5.74) is 0.458. The van der Waals surface area contributed by atoms with Gasteiger partial charge in [0.1, 0.15) is 0 Å². The summed E-state index contributed by atoms with van der Waals surface area (Å²) in [6.07, 6.45) is 15.6. The number of Topliss-reactive ketones (excluding diaryl/α,β-unsaturated/α-hetero) is 1. The molecule has 5 fully saturated rings. The average Bonchev–Trinajstić information content (AvgIpc) is 3.20. The van der Waals surface area contributed by atoms with Crippen LogP contribution in [-0.4, -0.2) is 37.4 Å². The minimum atomic E-state index is -0.502. The molecule has 0 aromatic carbocycles. The molecule has 34 heavy (non-hydrogen) atoms. The van der Waals surface area contributed by atoms with Crippen LogP contribution >= 0.6 is 0 Å². The lowest BCUT2D eigenvalue weighted by molar-refractivity contribution is -0.212. The van der Waals surface area contributed by atoms with Gasteiger partial charge in [0.15, 0.2) is 18.7 Å². The van der Waals surface area contributed by atoms with Crippen LogP contribution in [0.5, 0.6) is 0 Å². The highest BCUT2D eigenvalue weighted by Gasteiger charge is 2.61. The molecule has 1 saturated heterocycles. The van der Waals surface area contributed by atoms with Crippen molar-refractivity contribution >= 4 is 11.8 Å². The fourth-order valence-electron chi connectivity index (χ4n) is 9.21. The van der Waals surface area contributed by atoms with Gasteiger partial charge in [0, 0.05) is 18.6 Å². The quantitative estimate of drug-likeness (QED) is 0.275. The summed E-state index contributed by atoms with van der Waals surface area (Å²) in [7, 11) is 0. The van der Waals surface area contributed by atoms with Crippen LogP contribution in [0, 0.1) is 40.4 Å². The zero-order chi connectivity index (χ0) is 23.9. The van der Waals surface area contributed by atoms with Crippen molar-refractivity contribution in [2.45, 2.75) is 103 Å². The fraction of sp³-hybridized carbons (Fsp3) is 0.862. The molecule has 0 N–H and O–H groups in total. The van der Waals surface area contributed by atoms with Crippen molar-refractivity contribution in [2.75, 3.05) is 13.2 Å². The highest BCUT2D eigenvalue weighted by Crippen LogP contribution is 2.67. The average molecular weight is 473 g/mol. The molecule has 0 spiro atoms. The van der Waals surface area contributed by atoms with Gasteiger partial charge in [0.25, 0.3) is 0 Å². The molecule has 5 rings (SSSR count). The lowest BCUT2D eigenvalue weighted by Crippen LogP contribution is -2.54. The van der Waals surface area contributed by atoms with Crippen molar-refractivity contribution in [1.82, 2.24) is 0 Å². The summed E-state index contributed by atoms with van der Waals surface area (Å²) in [4.78, 5) is 24.5. The molecule has 0 aromatic rings. The van der Waals surface area contributed by atoms with E-state index in [1.54, 1.807) is 0 Å². The van der Waals surface area contributed by atoms with Crippen LogP contribution in [0.4, 0.5) is 0 Å². The van der Waals surface area contributed by atoms with Crippen LogP contribution in [0.25, 0.3) is 0 Å². The van der Waals surface area contributed by atoms with E-state index in [1.165, 1.54) is 44.9 Å². The van der Waals surface area contributed by atoms with Gasteiger partial charge in [-0.15, -0.1) is 0 Å². The summed E-state index contributed by atoms with van der Waals surface area (Å²) < 4.78 is 17.4. The standard InChI is InChI=1S/C29H44O5/c1-4-26(31)33-18-25(30)24-11-10-22-21-9-8-19-17-20(34-27-7-5-6-16-32-27)12-14-28(19,2)23(21)13-15-29(22,24)3/h4,19-24,27H,1,5-18H2,2-3H3/t19-,20+,21-,22-,23-,24+,27+,28-,29-/m0/s1. The van der Waals surface area contributed by atoms with Gasteiger partial charge in [-0.05, 0) is 112 Å². The van der Waals surface area contributed by atoms with E-state index in [2.05, 4.69) is 20.4 Å². The van der Waals surface area contributed by atoms with Crippen LogP contribution in [0.2, 0.25) is 0 Å². The summed E-state index contributed by atoms with van der Waals surface area (Å²) in [6, 6.07) is 0. The number of fused-ring (bicyclic) bond motifs is 5. The second-order valence-corrected chi connectivity index (χ2v) is 12.4. The van der Waals surface area contributed by atoms with Gasteiger partial charge in [0.05, 0.1) is 6.10 Å². The molecular formula is C29H44O5. The maximum Gasteiger partial charge on any atom is 0.330 e. The number of ketones is 1. The Labute approximate surface area is 205 Å². The molecule has 5 aliphatic rings. The van der Waals surface area contributed by atoms with Crippen molar-refractivity contribution in [3.63, 3.8) is 0 Å². The molecule has 190 valence electrons. The number of hydrogen-bond donors (Lipinski definition) is 0. The molecule has 4 aliphatic carbocycles. The van der Waals surface area contributed by atoms with Gasteiger partial charge in [0.2, 0.25) is 0 Å². The van der Waals surface area contributed by atoms with Crippen LogP contribution in [-0.2, 0) is 23.8 Å². The normalized spacial score (nSPS) is 46.0. The molecule has 0 amide bonds. The van der Waals surface area contributed by atoms with E-state index < -0.39 is 5.97 Å². The van der Waals surface area contributed by atoms with E-state index in [-0.39, 0.29) is 30.0 Å². The third-order valence-electron chi connectivity index (χ3n) is 11.0. The third-order valence-corrected chi connectivity index (χ3v) is 11.0. The minimum Gasteiger partial charge on any atom is -0.455 e. The topological polar surface area (TPSA) is 61.8 Å². The lowest BCUT2D eigenvalue weighted by atomic mass is 9.44. The Bertz CT molecular complexity index is 787. The lowest BCUT2D eigenvalue weighted by Gasteiger charge is -2.61. The molecule has 5 heteroatoms. The highest BCUT2D eigenvalue weighted by molar-refractivity contribution is 5.88. The van der Waals surface area contributed by atoms with Crippen molar-refractivity contribution in [2.24, 2.45) is 40.4 Å². The smallest absolute Gasteiger partial charge is 0.330 e. The number of hydrogen-bond acceptors (Lipinski definition) is 5. The number of rotatable bonds is 6. The van der Waals surface area contributed by atoms with Crippen LogP contribution in [0.3, 0.4) is 0 Å². The molecule has 9 atom stereocenters. The Morgan fingerprint density at radius 2 is 1.76 bits per heavy atom.